The van der Waals surface area contributed by atoms with Crippen molar-refractivity contribution >= 4 is 21.9 Å². The molecule has 0 bridgehead atoms. The number of esters is 1. The molecule has 8 heteroatoms. The number of amides is 1. The van der Waals surface area contributed by atoms with E-state index in [4.69, 9.17) is 4.74 Å². The van der Waals surface area contributed by atoms with Crippen molar-refractivity contribution in [2.45, 2.75) is 51.0 Å². The summed E-state index contributed by atoms with van der Waals surface area (Å²) < 4.78 is 30.8. The smallest absolute Gasteiger partial charge is 0.338 e. The van der Waals surface area contributed by atoms with Gasteiger partial charge in [0.2, 0.25) is 10.0 Å². The number of carbonyl (C=O) groups is 2. The molecule has 0 unspecified atom stereocenters. The summed E-state index contributed by atoms with van der Waals surface area (Å²) in [5, 5.41) is 2.95. The fourth-order valence-corrected chi connectivity index (χ4v) is 4.36. The molecule has 2 rings (SSSR count). The van der Waals surface area contributed by atoms with E-state index in [1.807, 2.05) is 0 Å². The molecule has 1 amide bonds. The molecule has 1 aliphatic rings. The van der Waals surface area contributed by atoms with Crippen molar-refractivity contribution in [1.29, 1.82) is 0 Å². The molecule has 0 heterocycles. The van der Waals surface area contributed by atoms with Gasteiger partial charge in [0.25, 0.3) is 5.91 Å². The van der Waals surface area contributed by atoms with E-state index in [-0.39, 0.29) is 29.0 Å². The van der Waals surface area contributed by atoms with Gasteiger partial charge in [-0.1, -0.05) is 32.8 Å². The molecule has 1 fully saturated rings. The highest BCUT2D eigenvalue weighted by Gasteiger charge is 2.28. The molecular formula is C20H30N2O5S. The maximum absolute atomic E-state index is 12.4. The molecule has 28 heavy (non-hydrogen) atoms. The first kappa shape index (κ1) is 22.4. The van der Waals surface area contributed by atoms with E-state index < -0.39 is 16.0 Å². The first-order chi connectivity index (χ1) is 13.0. The van der Waals surface area contributed by atoms with Crippen molar-refractivity contribution < 1.29 is 22.7 Å². The summed E-state index contributed by atoms with van der Waals surface area (Å²) in [5.41, 5.74) is 0.716. The number of nitrogens with zero attached hydrogens (tertiary/aromatic N) is 1. The van der Waals surface area contributed by atoms with Crippen LogP contribution in [0.1, 0.15) is 49.0 Å². The maximum Gasteiger partial charge on any atom is 0.338 e. The fourth-order valence-electron chi connectivity index (χ4n) is 3.44. The van der Waals surface area contributed by atoms with Crippen molar-refractivity contribution in [3.05, 3.63) is 29.3 Å². The second kappa shape index (κ2) is 9.05. The third-order valence-electron chi connectivity index (χ3n) is 5.60. The lowest BCUT2D eigenvalue weighted by molar-refractivity contribution is -0.125. The Morgan fingerprint density at radius 1 is 1.21 bits per heavy atom. The summed E-state index contributed by atoms with van der Waals surface area (Å²) >= 11 is 0. The molecule has 7 nitrogen and oxygen atoms in total. The summed E-state index contributed by atoms with van der Waals surface area (Å²) in [7, 11) is -0.823. The SMILES string of the molecule is Cc1ccc(S(=O)(=O)N(C)C)cc1C(=O)OCC(=O)N[C@@H]1CCC[C@H](C)[C@@H]1C. The Hall–Kier alpha value is -1.93. The van der Waals surface area contributed by atoms with Crippen LogP contribution >= 0.6 is 0 Å². The summed E-state index contributed by atoms with van der Waals surface area (Å²) in [6.45, 7) is 5.61. The predicted molar refractivity (Wildman–Crippen MR) is 106 cm³/mol. The van der Waals surface area contributed by atoms with Crippen LogP contribution in [0, 0.1) is 18.8 Å². The molecule has 1 aromatic carbocycles. The van der Waals surface area contributed by atoms with Crippen LogP contribution in [0.5, 0.6) is 0 Å². The summed E-state index contributed by atoms with van der Waals surface area (Å²) in [5.74, 6) is -0.128. The molecule has 0 saturated heterocycles. The van der Waals surface area contributed by atoms with Crippen molar-refractivity contribution in [1.82, 2.24) is 9.62 Å². The Labute approximate surface area is 167 Å². The van der Waals surface area contributed by atoms with Crippen molar-refractivity contribution in [2.75, 3.05) is 20.7 Å². The zero-order valence-electron chi connectivity index (χ0n) is 17.2. The van der Waals surface area contributed by atoms with Crippen LogP contribution < -0.4 is 5.32 Å². The average Bonchev–Trinajstić information content (AvgIpc) is 2.63. The maximum atomic E-state index is 12.4. The lowest BCUT2D eigenvalue weighted by atomic mass is 9.78. The average molecular weight is 411 g/mol. The molecule has 1 N–H and O–H groups in total. The van der Waals surface area contributed by atoms with E-state index in [0.717, 1.165) is 23.6 Å². The molecule has 156 valence electrons. The number of hydrogen-bond donors (Lipinski definition) is 1. The van der Waals surface area contributed by atoms with Crippen LogP contribution in [0.25, 0.3) is 0 Å². The van der Waals surface area contributed by atoms with E-state index in [1.165, 1.54) is 26.2 Å². The molecule has 0 radical (unpaired) electrons. The lowest BCUT2D eigenvalue weighted by Gasteiger charge is -2.34. The number of ether oxygens (including phenoxy) is 1. The Morgan fingerprint density at radius 2 is 1.89 bits per heavy atom. The Morgan fingerprint density at radius 3 is 2.54 bits per heavy atom. The van der Waals surface area contributed by atoms with E-state index in [0.29, 0.717) is 17.4 Å². The number of benzene rings is 1. The number of nitrogens with one attached hydrogen (secondary N) is 1. The van der Waals surface area contributed by atoms with Gasteiger partial charge in [0.05, 0.1) is 10.5 Å². The standard InChI is InChI=1S/C20H30N2O5S/c1-13-7-6-8-18(15(13)3)21-19(23)12-27-20(24)17-11-16(10-9-14(17)2)28(25,26)22(4)5/h9-11,13,15,18H,6-8,12H2,1-5H3,(H,21,23)/t13-,15-,18+/m0/s1. The van der Waals surface area contributed by atoms with Crippen LogP contribution in [0.3, 0.4) is 0 Å². The van der Waals surface area contributed by atoms with Gasteiger partial charge in [0.15, 0.2) is 6.61 Å². The molecule has 0 spiro atoms. The van der Waals surface area contributed by atoms with Crippen LogP contribution in [0.2, 0.25) is 0 Å². The Kier molecular flexibility index (Phi) is 7.22. The number of rotatable bonds is 6. The zero-order valence-corrected chi connectivity index (χ0v) is 18.0. The van der Waals surface area contributed by atoms with Gasteiger partial charge < -0.3 is 10.1 Å². The highest BCUT2D eigenvalue weighted by atomic mass is 32.2. The molecule has 0 aliphatic heterocycles. The monoisotopic (exact) mass is 410 g/mol. The van der Waals surface area contributed by atoms with E-state index in [9.17, 15) is 18.0 Å². The quantitative estimate of drug-likeness (QED) is 0.727. The van der Waals surface area contributed by atoms with Crippen LogP contribution in [0.4, 0.5) is 0 Å². The molecule has 0 aromatic heterocycles. The van der Waals surface area contributed by atoms with Gasteiger partial charge in [-0.25, -0.2) is 17.5 Å². The van der Waals surface area contributed by atoms with E-state index in [2.05, 4.69) is 19.2 Å². The molecule has 1 aromatic rings. The van der Waals surface area contributed by atoms with E-state index in [1.54, 1.807) is 13.0 Å². The normalized spacial score (nSPS) is 22.7. The predicted octanol–water partition coefficient (Wildman–Crippen LogP) is 2.34. The number of sulfonamides is 1. The fraction of sp³-hybridized carbons (Fsp3) is 0.600. The van der Waals surface area contributed by atoms with Gasteiger partial charge in [-0.15, -0.1) is 0 Å². The highest BCUT2D eigenvalue weighted by Crippen LogP contribution is 2.29. The Bertz CT molecular complexity index is 835. The van der Waals surface area contributed by atoms with Gasteiger partial charge in [0.1, 0.15) is 0 Å². The summed E-state index contributed by atoms with van der Waals surface area (Å²) in [4.78, 5) is 24.6. The molecule has 1 aliphatic carbocycles. The third-order valence-corrected chi connectivity index (χ3v) is 7.41. The van der Waals surface area contributed by atoms with E-state index >= 15 is 0 Å². The van der Waals surface area contributed by atoms with Gasteiger partial charge in [-0.05, 0) is 42.9 Å². The highest BCUT2D eigenvalue weighted by molar-refractivity contribution is 7.89. The van der Waals surface area contributed by atoms with Gasteiger partial charge in [0, 0.05) is 20.1 Å². The lowest BCUT2D eigenvalue weighted by Crippen LogP contribution is -2.45. The summed E-state index contributed by atoms with van der Waals surface area (Å²) in [6.07, 6.45) is 3.16. The van der Waals surface area contributed by atoms with Crippen LogP contribution in [-0.4, -0.2) is 51.3 Å². The first-order valence-electron chi connectivity index (χ1n) is 9.53. The molecule has 3 atom stereocenters. The number of carbonyl (C=O) groups excluding carboxylic acids is 2. The minimum Gasteiger partial charge on any atom is -0.452 e. The topological polar surface area (TPSA) is 92.8 Å². The second-order valence-corrected chi connectivity index (χ2v) is 9.93. The van der Waals surface area contributed by atoms with Gasteiger partial charge >= 0.3 is 5.97 Å². The van der Waals surface area contributed by atoms with Crippen molar-refractivity contribution in [3.8, 4) is 0 Å². The van der Waals surface area contributed by atoms with Crippen molar-refractivity contribution in [2.24, 2.45) is 11.8 Å². The zero-order chi connectivity index (χ0) is 21.1. The third kappa shape index (κ3) is 5.11. The molecular weight excluding hydrogens is 380 g/mol. The first-order valence-corrected chi connectivity index (χ1v) is 11.0. The number of aryl methyl sites for hydroxylation is 1. The second-order valence-electron chi connectivity index (χ2n) is 7.78. The van der Waals surface area contributed by atoms with Crippen molar-refractivity contribution in [3.63, 3.8) is 0 Å². The summed E-state index contributed by atoms with van der Waals surface area (Å²) in [6, 6.07) is 4.37. The Balaban J connectivity index is 2.02. The van der Waals surface area contributed by atoms with Gasteiger partial charge in [-0.3, -0.25) is 4.79 Å². The largest absolute Gasteiger partial charge is 0.452 e. The minimum atomic E-state index is -3.67. The van der Waals surface area contributed by atoms with Crippen LogP contribution in [0.15, 0.2) is 23.1 Å². The minimum absolute atomic E-state index is 0.00418. The van der Waals surface area contributed by atoms with Crippen LogP contribution in [-0.2, 0) is 19.6 Å². The van der Waals surface area contributed by atoms with Gasteiger partial charge in [-0.2, -0.15) is 0 Å². The number of hydrogen-bond acceptors (Lipinski definition) is 5. The molecule has 1 saturated carbocycles.